The highest BCUT2D eigenvalue weighted by molar-refractivity contribution is 7.90. The van der Waals surface area contributed by atoms with Crippen molar-refractivity contribution in [1.82, 2.24) is 0 Å². The van der Waals surface area contributed by atoms with Gasteiger partial charge >= 0.3 is 7.60 Å². The molecule has 108 valence electrons. The third kappa shape index (κ3) is 4.09. The third-order valence-corrected chi connectivity index (χ3v) is 6.27. The lowest BCUT2D eigenvalue weighted by atomic mass is 10.2. The van der Waals surface area contributed by atoms with Crippen molar-refractivity contribution in [2.24, 2.45) is 0 Å². The van der Waals surface area contributed by atoms with E-state index in [1.165, 1.54) is 0 Å². The lowest BCUT2D eigenvalue weighted by Crippen LogP contribution is -2.22. The summed E-state index contributed by atoms with van der Waals surface area (Å²) in [6.45, 7) is 9.13. The molecule has 0 heterocycles. The summed E-state index contributed by atoms with van der Waals surface area (Å²) in [5.74, 6) is 0. The van der Waals surface area contributed by atoms with Crippen LogP contribution < -0.4 is 0 Å². The Morgan fingerprint density at radius 3 is 1.84 bits per heavy atom. The van der Waals surface area contributed by atoms with Crippen LogP contribution in [0.1, 0.15) is 40.2 Å². The first-order valence-corrected chi connectivity index (χ1v) is 8.43. The molecular weight excluding hydrogens is 279 g/mol. The van der Waals surface area contributed by atoms with Gasteiger partial charge in [0, 0.05) is 0 Å². The highest BCUT2D eigenvalue weighted by Gasteiger charge is 2.47. The molecule has 0 amide bonds. The van der Waals surface area contributed by atoms with Gasteiger partial charge in [0.15, 0.2) is 0 Å². The van der Waals surface area contributed by atoms with E-state index in [1.807, 2.05) is 58.0 Å². The van der Waals surface area contributed by atoms with E-state index in [4.69, 9.17) is 9.05 Å². The second kappa shape index (κ2) is 6.45. The summed E-state index contributed by atoms with van der Waals surface area (Å²) in [5.41, 5.74) is 0.822. The molecule has 1 unspecified atom stereocenters. The van der Waals surface area contributed by atoms with Gasteiger partial charge in [-0.05, 0) is 40.2 Å². The van der Waals surface area contributed by atoms with Crippen LogP contribution in [-0.2, 0) is 18.1 Å². The van der Waals surface area contributed by atoms with Crippen molar-refractivity contribution < 1.29 is 13.6 Å². The van der Waals surface area contributed by atoms with Gasteiger partial charge in [-0.1, -0.05) is 30.3 Å². The van der Waals surface area contributed by atoms with Gasteiger partial charge < -0.3 is 9.05 Å². The van der Waals surface area contributed by atoms with Gasteiger partial charge in [-0.3, -0.25) is 4.57 Å². The van der Waals surface area contributed by atoms with E-state index in [9.17, 15) is 4.57 Å². The molecular formula is C14H23O3PS. The van der Waals surface area contributed by atoms with Crippen LogP contribution in [-0.4, -0.2) is 12.2 Å². The molecule has 0 N–H and O–H groups in total. The second-order valence-corrected chi connectivity index (χ2v) is 8.75. The zero-order valence-corrected chi connectivity index (χ0v) is 13.9. The highest BCUT2D eigenvalue weighted by Crippen LogP contribution is 2.67. The van der Waals surface area contributed by atoms with Crippen molar-refractivity contribution in [3.05, 3.63) is 35.9 Å². The molecule has 0 radical (unpaired) electrons. The zero-order valence-electron chi connectivity index (χ0n) is 12.2. The van der Waals surface area contributed by atoms with Crippen molar-refractivity contribution in [3.63, 3.8) is 0 Å². The monoisotopic (exact) mass is 302 g/mol. The first-order chi connectivity index (χ1) is 8.69. The topological polar surface area (TPSA) is 35.5 Å². The second-order valence-electron chi connectivity index (χ2n) is 5.19. The molecule has 0 aliphatic rings. The summed E-state index contributed by atoms with van der Waals surface area (Å²) in [7, 11) is -3.39. The molecule has 0 aromatic heterocycles. The Morgan fingerprint density at radius 2 is 1.47 bits per heavy atom. The minimum atomic E-state index is -3.39. The van der Waals surface area contributed by atoms with E-state index in [0.29, 0.717) is 0 Å². The molecule has 1 aromatic carbocycles. The number of benzene rings is 1. The predicted octanol–water partition coefficient (Wildman–Crippen LogP) is 4.83. The quantitative estimate of drug-likeness (QED) is 0.603. The maximum atomic E-state index is 13.1. The Balaban J connectivity index is 3.19. The number of hydrogen-bond donors (Lipinski definition) is 1. The van der Waals surface area contributed by atoms with Gasteiger partial charge in [0.1, 0.15) is 4.49 Å². The average molecular weight is 302 g/mol. The van der Waals surface area contributed by atoms with E-state index in [-0.39, 0.29) is 12.2 Å². The third-order valence-electron chi connectivity index (χ3n) is 2.55. The Labute approximate surface area is 121 Å². The van der Waals surface area contributed by atoms with Gasteiger partial charge in [0.25, 0.3) is 0 Å². The first-order valence-electron chi connectivity index (χ1n) is 6.44. The maximum Gasteiger partial charge on any atom is 0.350 e. The van der Waals surface area contributed by atoms with Gasteiger partial charge in [-0.25, -0.2) is 0 Å². The lowest BCUT2D eigenvalue weighted by molar-refractivity contribution is 0.135. The largest absolute Gasteiger partial charge is 0.350 e. The molecule has 0 saturated carbocycles. The summed E-state index contributed by atoms with van der Waals surface area (Å²) < 4.78 is 23.4. The van der Waals surface area contributed by atoms with Crippen molar-refractivity contribution in [2.75, 3.05) is 0 Å². The molecule has 1 aromatic rings. The molecule has 1 rings (SSSR count). The van der Waals surface area contributed by atoms with Crippen LogP contribution in [0.3, 0.4) is 0 Å². The van der Waals surface area contributed by atoms with E-state index in [1.54, 1.807) is 6.92 Å². The van der Waals surface area contributed by atoms with Crippen molar-refractivity contribution in [2.45, 2.75) is 51.3 Å². The summed E-state index contributed by atoms with van der Waals surface area (Å²) in [6.07, 6.45) is -0.389. The Kier molecular flexibility index (Phi) is 5.69. The molecule has 0 bridgehead atoms. The summed E-state index contributed by atoms with van der Waals surface area (Å²) >= 11 is 4.59. The fourth-order valence-electron chi connectivity index (χ4n) is 1.70. The van der Waals surface area contributed by atoms with Gasteiger partial charge in [-0.15, -0.1) is 0 Å². The lowest BCUT2D eigenvalue weighted by Gasteiger charge is -2.35. The van der Waals surface area contributed by atoms with Gasteiger partial charge in [0.05, 0.1) is 12.2 Å². The zero-order chi connectivity index (χ0) is 14.7. The van der Waals surface area contributed by atoms with Crippen LogP contribution >= 0.6 is 20.2 Å². The van der Waals surface area contributed by atoms with Crippen LogP contribution in [0.4, 0.5) is 0 Å². The molecule has 0 fully saturated rings. The minimum absolute atomic E-state index is 0.195. The average Bonchev–Trinajstić information content (AvgIpc) is 2.27. The normalized spacial score (nSPS) is 15.8. The molecule has 0 spiro atoms. The Hall–Kier alpha value is -0.280. The van der Waals surface area contributed by atoms with Crippen molar-refractivity contribution in [1.29, 1.82) is 0 Å². The maximum absolute atomic E-state index is 13.1. The number of rotatable bonds is 6. The van der Waals surface area contributed by atoms with E-state index in [0.717, 1.165) is 5.56 Å². The molecule has 3 nitrogen and oxygen atoms in total. The van der Waals surface area contributed by atoms with Crippen molar-refractivity contribution in [3.8, 4) is 0 Å². The fraction of sp³-hybridized carbons (Fsp3) is 0.571. The Bertz CT molecular complexity index is 429. The molecule has 19 heavy (non-hydrogen) atoms. The van der Waals surface area contributed by atoms with Crippen LogP contribution in [0.5, 0.6) is 0 Å². The summed E-state index contributed by atoms with van der Waals surface area (Å²) in [6, 6.07) is 9.45. The smallest absolute Gasteiger partial charge is 0.305 e. The first kappa shape index (κ1) is 16.8. The molecule has 5 heteroatoms. The SMILES string of the molecule is CC(C)OP(=O)(OC(C)C)C(C)(S)c1ccccc1. The van der Waals surface area contributed by atoms with Gasteiger partial charge in [0.2, 0.25) is 0 Å². The van der Waals surface area contributed by atoms with Crippen LogP contribution in [0.25, 0.3) is 0 Å². The molecule has 0 aliphatic carbocycles. The minimum Gasteiger partial charge on any atom is -0.305 e. The van der Waals surface area contributed by atoms with Crippen LogP contribution in [0.15, 0.2) is 30.3 Å². The Morgan fingerprint density at radius 1 is 1.05 bits per heavy atom. The fourth-order valence-corrected chi connectivity index (χ4v) is 4.16. The summed E-state index contributed by atoms with van der Waals surface area (Å²) in [4.78, 5) is 0. The highest BCUT2D eigenvalue weighted by atomic mass is 32.1. The standard InChI is InChI=1S/C14H23O3PS/c1-11(2)16-18(15,17-12(3)4)14(5,19)13-9-7-6-8-10-13/h6-12,19H,1-5H3. The van der Waals surface area contributed by atoms with Crippen molar-refractivity contribution >= 4 is 20.2 Å². The van der Waals surface area contributed by atoms with E-state index in [2.05, 4.69) is 12.6 Å². The molecule has 0 saturated heterocycles. The van der Waals surface area contributed by atoms with Gasteiger partial charge in [-0.2, -0.15) is 12.6 Å². The van der Waals surface area contributed by atoms with E-state index >= 15 is 0 Å². The number of thiol groups is 1. The summed E-state index contributed by atoms with van der Waals surface area (Å²) in [5, 5.41) is 0. The van der Waals surface area contributed by atoms with Crippen LogP contribution in [0, 0.1) is 0 Å². The van der Waals surface area contributed by atoms with E-state index < -0.39 is 12.1 Å². The molecule has 1 atom stereocenters. The number of hydrogen-bond acceptors (Lipinski definition) is 4. The van der Waals surface area contributed by atoms with Crippen LogP contribution in [0.2, 0.25) is 0 Å². The predicted molar refractivity (Wildman–Crippen MR) is 82.8 cm³/mol. The molecule has 0 aliphatic heterocycles.